The van der Waals surface area contributed by atoms with Gasteiger partial charge in [-0.15, -0.1) is 0 Å². The van der Waals surface area contributed by atoms with Crippen LogP contribution in [0.25, 0.3) is 5.65 Å². The molecule has 0 unspecified atom stereocenters. The molecule has 0 bridgehead atoms. The van der Waals surface area contributed by atoms with Crippen LogP contribution in [0.4, 0.5) is 13.2 Å². The van der Waals surface area contributed by atoms with Gasteiger partial charge in [0.1, 0.15) is 0 Å². The molecule has 0 spiro atoms. The van der Waals surface area contributed by atoms with Crippen LogP contribution in [-0.4, -0.2) is 14.4 Å². The Hall–Kier alpha value is -1.59. The minimum absolute atomic E-state index is 0.199. The van der Waals surface area contributed by atoms with E-state index in [4.69, 9.17) is 0 Å². The molecule has 0 saturated carbocycles. The fraction of sp³-hybridized carbons (Fsp3) is 0.455. The van der Waals surface area contributed by atoms with Crippen molar-refractivity contribution in [3.63, 3.8) is 0 Å². The van der Waals surface area contributed by atoms with Gasteiger partial charge in [-0.3, -0.25) is 4.98 Å². The molecule has 2 aromatic rings. The smallest absolute Gasteiger partial charge is 0.303 e. The molecule has 6 heteroatoms. The fourth-order valence-corrected chi connectivity index (χ4v) is 1.42. The lowest BCUT2D eigenvalue weighted by atomic mass is 9.93. The summed E-state index contributed by atoms with van der Waals surface area (Å²) in [4.78, 5) is 7.61. The minimum atomic E-state index is -4.42. The van der Waals surface area contributed by atoms with E-state index in [2.05, 4.69) is 9.97 Å². The lowest BCUT2D eigenvalue weighted by Crippen LogP contribution is -2.14. The number of imidazole rings is 1. The summed E-state index contributed by atoms with van der Waals surface area (Å²) < 4.78 is 38.8. The topological polar surface area (TPSA) is 30.2 Å². The molecule has 0 fully saturated rings. The van der Waals surface area contributed by atoms with E-state index in [0.29, 0.717) is 0 Å². The molecule has 0 saturated heterocycles. The van der Waals surface area contributed by atoms with Crippen LogP contribution in [-0.2, 0) is 11.6 Å². The second kappa shape index (κ2) is 3.45. The second-order valence-corrected chi connectivity index (χ2v) is 4.91. The third kappa shape index (κ3) is 2.25. The molecular formula is C11H12F3N3. The Morgan fingerprint density at radius 1 is 1.06 bits per heavy atom. The lowest BCUT2D eigenvalue weighted by molar-refractivity contribution is -0.140. The van der Waals surface area contributed by atoms with E-state index in [0.717, 1.165) is 11.9 Å². The lowest BCUT2D eigenvalue weighted by Gasteiger charge is -2.17. The van der Waals surface area contributed by atoms with Crippen molar-refractivity contribution < 1.29 is 13.2 Å². The summed E-state index contributed by atoms with van der Waals surface area (Å²) in [6, 6.07) is 0. The van der Waals surface area contributed by atoms with Gasteiger partial charge in [-0.1, -0.05) is 20.8 Å². The highest BCUT2D eigenvalue weighted by Crippen LogP contribution is 2.29. The maximum atomic E-state index is 12.5. The Labute approximate surface area is 96.3 Å². The third-order valence-electron chi connectivity index (χ3n) is 2.40. The first-order valence-corrected chi connectivity index (χ1v) is 5.10. The number of fused-ring (bicyclic) bond motifs is 1. The van der Waals surface area contributed by atoms with Crippen LogP contribution in [0.2, 0.25) is 0 Å². The van der Waals surface area contributed by atoms with Crippen LogP contribution in [0.3, 0.4) is 0 Å². The van der Waals surface area contributed by atoms with Gasteiger partial charge in [0.2, 0.25) is 0 Å². The maximum absolute atomic E-state index is 12.5. The summed E-state index contributed by atoms with van der Waals surface area (Å²) in [6.07, 6.45) is -0.506. The Bertz CT molecular complexity index is 537. The number of alkyl halides is 3. The van der Waals surface area contributed by atoms with Gasteiger partial charge in [-0.2, -0.15) is 13.2 Å². The Morgan fingerprint density at radius 3 is 2.18 bits per heavy atom. The van der Waals surface area contributed by atoms with Crippen molar-refractivity contribution >= 4 is 5.65 Å². The van der Waals surface area contributed by atoms with Crippen molar-refractivity contribution in [2.24, 2.45) is 0 Å². The average Bonchev–Trinajstić information content (AvgIpc) is 2.57. The highest BCUT2D eigenvalue weighted by Gasteiger charge is 2.34. The molecule has 0 atom stereocenters. The van der Waals surface area contributed by atoms with E-state index in [1.54, 1.807) is 6.20 Å². The molecular weight excluding hydrogens is 231 g/mol. The molecule has 0 N–H and O–H groups in total. The van der Waals surface area contributed by atoms with E-state index in [1.807, 2.05) is 20.8 Å². The number of hydrogen-bond acceptors (Lipinski definition) is 2. The molecule has 92 valence electrons. The van der Waals surface area contributed by atoms with Crippen LogP contribution < -0.4 is 0 Å². The van der Waals surface area contributed by atoms with E-state index >= 15 is 0 Å². The summed E-state index contributed by atoms with van der Waals surface area (Å²) in [5.41, 5.74) is -0.191. The zero-order valence-electron chi connectivity index (χ0n) is 9.71. The predicted molar refractivity (Wildman–Crippen MR) is 56.7 cm³/mol. The van der Waals surface area contributed by atoms with Gasteiger partial charge in [0.25, 0.3) is 0 Å². The van der Waals surface area contributed by atoms with Crippen molar-refractivity contribution in [1.82, 2.24) is 14.4 Å². The Kier molecular flexibility index (Phi) is 2.41. The molecule has 0 aliphatic carbocycles. The van der Waals surface area contributed by atoms with Crippen LogP contribution in [0.15, 0.2) is 18.6 Å². The summed E-state index contributed by atoms with van der Waals surface area (Å²) in [6.45, 7) is 5.84. The quantitative estimate of drug-likeness (QED) is 0.711. The van der Waals surface area contributed by atoms with Crippen LogP contribution in [0.5, 0.6) is 0 Å². The standard InChI is InChI=1S/C11H12F3N3/c1-10(2,3)7-5-17-6-8(11(12,13)14)16-9(17)4-15-7/h4-6H,1-3H3. The largest absolute Gasteiger partial charge is 0.434 e. The van der Waals surface area contributed by atoms with Crippen molar-refractivity contribution in [3.8, 4) is 0 Å². The number of halogens is 3. The summed E-state index contributed by atoms with van der Waals surface area (Å²) >= 11 is 0. The SMILES string of the molecule is CC(C)(C)c1cn2cc(C(F)(F)F)nc2cn1. The number of hydrogen-bond donors (Lipinski definition) is 0. The van der Waals surface area contributed by atoms with E-state index in [1.165, 1.54) is 10.6 Å². The molecule has 0 radical (unpaired) electrons. The highest BCUT2D eigenvalue weighted by molar-refractivity contribution is 5.39. The summed E-state index contributed by atoms with van der Waals surface area (Å²) in [5.74, 6) is 0. The van der Waals surface area contributed by atoms with Gasteiger partial charge >= 0.3 is 6.18 Å². The first kappa shape index (κ1) is 11.9. The first-order chi connectivity index (χ1) is 7.68. The van der Waals surface area contributed by atoms with Crippen molar-refractivity contribution in [2.75, 3.05) is 0 Å². The number of aromatic nitrogens is 3. The molecule has 0 aromatic carbocycles. The molecule has 17 heavy (non-hydrogen) atoms. The highest BCUT2D eigenvalue weighted by atomic mass is 19.4. The minimum Gasteiger partial charge on any atom is -0.303 e. The van der Waals surface area contributed by atoms with Gasteiger partial charge in [-0.25, -0.2) is 4.98 Å². The third-order valence-corrected chi connectivity index (χ3v) is 2.40. The number of rotatable bonds is 0. The van der Waals surface area contributed by atoms with Gasteiger partial charge in [0.05, 0.1) is 11.9 Å². The summed E-state index contributed by atoms with van der Waals surface area (Å²) in [7, 11) is 0. The molecule has 0 amide bonds. The average molecular weight is 243 g/mol. The van der Waals surface area contributed by atoms with Crippen LogP contribution in [0, 0.1) is 0 Å². The predicted octanol–water partition coefficient (Wildman–Crippen LogP) is 3.05. The van der Waals surface area contributed by atoms with Gasteiger partial charge < -0.3 is 4.40 Å². The van der Waals surface area contributed by atoms with Crippen LogP contribution >= 0.6 is 0 Å². The van der Waals surface area contributed by atoms with E-state index in [9.17, 15) is 13.2 Å². The maximum Gasteiger partial charge on any atom is 0.434 e. The molecule has 2 heterocycles. The Balaban J connectivity index is 2.56. The molecule has 0 aliphatic rings. The second-order valence-electron chi connectivity index (χ2n) is 4.91. The normalized spacial score (nSPS) is 13.3. The van der Waals surface area contributed by atoms with E-state index < -0.39 is 11.9 Å². The van der Waals surface area contributed by atoms with Gasteiger partial charge in [0.15, 0.2) is 11.3 Å². The Morgan fingerprint density at radius 2 is 1.65 bits per heavy atom. The first-order valence-electron chi connectivity index (χ1n) is 5.10. The zero-order chi connectivity index (χ0) is 12.8. The molecule has 0 aliphatic heterocycles. The zero-order valence-corrected chi connectivity index (χ0v) is 9.71. The molecule has 3 nitrogen and oxygen atoms in total. The van der Waals surface area contributed by atoms with Crippen molar-refractivity contribution in [3.05, 3.63) is 30.0 Å². The van der Waals surface area contributed by atoms with Crippen molar-refractivity contribution in [1.29, 1.82) is 0 Å². The fourth-order valence-electron chi connectivity index (χ4n) is 1.42. The van der Waals surface area contributed by atoms with Gasteiger partial charge in [0, 0.05) is 17.8 Å². The monoisotopic (exact) mass is 243 g/mol. The summed E-state index contributed by atoms with van der Waals surface area (Å²) in [5, 5.41) is 0. The van der Waals surface area contributed by atoms with Gasteiger partial charge in [-0.05, 0) is 0 Å². The molecule has 2 aromatic heterocycles. The molecule has 2 rings (SSSR count). The van der Waals surface area contributed by atoms with E-state index in [-0.39, 0.29) is 11.1 Å². The van der Waals surface area contributed by atoms with Crippen LogP contribution in [0.1, 0.15) is 32.2 Å². The number of nitrogens with zero attached hydrogens (tertiary/aromatic N) is 3. The van der Waals surface area contributed by atoms with Crippen molar-refractivity contribution in [2.45, 2.75) is 32.4 Å².